The molecule has 21 heavy (non-hydrogen) atoms. The van der Waals surface area contributed by atoms with Crippen molar-refractivity contribution in [3.8, 4) is 0 Å². The lowest BCUT2D eigenvalue weighted by molar-refractivity contribution is 0.483. The number of hydrogen-bond donors (Lipinski definition) is 2. The molecular formula is C13H13F2N3O2S. The zero-order chi connectivity index (χ0) is 15.6. The predicted octanol–water partition coefficient (Wildman–Crippen LogP) is 1.93. The summed E-state index contributed by atoms with van der Waals surface area (Å²) in [6.07, 6.45) is 1.29. The molecule has 0 unspecified atom stereocenters. The van der Waals surface area contributed by atoms with Crippen LogP contribution < -0.4 is 10.5 Å². The van der Waals surface area contributed by atoms with E-state index in [9.17, 15) is 17.2 Å². The molecule has 8 heteroatoms. The highest BCUT2D eigenvalue weighted by atomic mass is 32.2. The number of nitrogens with one attached hydrogen (secondary N) is 1. The Morgan fingerprint density at radius 3 is 2.57 bits per heavy atom. The van der Waals surface area contributed by atoms with E-state index in [1.165, 1.54) is 12.3 Å². The van der Waals surface area contributed by atoms with Crippen LogP contribution >= 0.6 is 0 Å². The summed E-state index contributed by atoms with van der Waals surface area (Å²) < 4.78 is 53.6. The van der Waals surface area contributed by atoms with Crippen LogP contribution in [0.25, 0.3) is 0 Å². The van der Waals surface area contributed by atoms with E-state index >= 15 is 0 Å². The fraction of sp³-hybridized carbons (Fsp3) is 0.154. The van der Waals surface area contributed by atoms with E-state index < -0.39 is 26.6 Å². The Bertz CT molecular complexity index is 762. The largest absolute Gasteiger partial charge is 0.326 e. The second-order valence-corrected chi connectivity index (χ2v) is 6.04. The summed E-state index contributed by atoms with van der Waals surface area (Å²) in [5.74, 6) is -2.71. The molecule has 2 aromatic rings. The first-order valence-electron chi connectivity index (χ1n) is 5.97. The maximum absolute atomic E-state index is 13.7. The molecule has 0 saturated carbocycles. The molecule has 1 aromatic carbocycles. The van der Waals surface area contributed by atoms with Crippen LogP contribution in [0.5, 0.6) is 0 Å². The molecule has 0 radical (unpaired) electrons. The Kier molecular flexibility index (Phi) is 4.19. The minimum atomic E-state index is -4.27. The Balaban J connectivity index is 2.44. The second kappa shape index (κ2) is 5.74. The van der Waals surface area contributed by atoms with Gasteiger partial charge in [0, 0.05) is 12.2 Å². The van der Waals surface area contributed by atoms with E-state index in [1.54, 1.807) is 13.0 Å². The van der Waals surface area contributed by atoms with Crippen molar-refractivity contribution in [3.05, 3.63) is 53.4 Å². The molecule has 0 amide bonds. The van der Waals surface area contributed by atoms with Crippen molar-refractivity contribution in [2.45, 2.75) is 18.4 Å². The third kappa shape index (κ3) is 3.34. The molecule has 0 bridgehead atoms. The first-order chi connectivity index (χ1) is 9.83. The molecule has 0 saturated heterocycles. The van der Waals surface area contributed by atoms with Gasteiger partial charge in [-0.1, -0.05) is 0 Å². The average Bonchev–Trinajstić information content (AvgIpc) is 2.43. The zero-order valence-electron chi connectivity index (χ0n) is 11.1. The van der Waals surface area contributed by atoms with Crippen LogP contribution in [0.15, 0.2) is 35.4 Å². The van der Waals surface area contributed by atoms with Gasteiger partial charge in [0.1, 0.15) is 4.90 Å². The summed E-state index contributed by atoms with van der Waals surface area (Å²) in [4.78, 5) is 3.13. The van der Waals surface area contributed by atoms with Crippen molar-refractivity contribution in [2.75, 3.05) is 4.72 Å². The topological polar surface area (TPSA) is 85.1 Å². The number of hydrogen-bond acceptors (Lipinski definition) is 4. The molecule has 0 atom stereocenters. The number of sulfonamides is 1. The van der Waals surface area contributed by atoms with E-state index in [0.717, 1.165) is 12.1 Å². The smallest absolute Gasteiger partial charge is 0.264 e. The van der Waals surface area contributed by atoms with Crippen LogP contribution in [-0.4, -0.2) is 13.4 Å². The monoisotopic (exact) mass is 313 g/mol. The SMILES string of the molecule is Cc1ccc(NS(=O)(=O)c2cc(CN)cc(F)c2F)cn1. The van der Waals surface area contributed by atoms with E-state index in [1.807, 2.05) is 0 Å². The van der Waals surface area contributed by atoms with Gasteiger partial charge in [-0.05, 0) is 36.8 Å². The van der Waals surface area contributed by atoms with Crippen LogP contribution in [0.1, 0.15) is 11.3 Å². The summed E-state index contributed by atoms with van der Waals surface area (Å²) in [6.45, 7) is 1.63. The first kappa shape index (κ1) is 15.3. The Morgan fingerprint density at radius 1 is 1.29 bits per heavy atom. The number of pyridine rings is 1. The summed E-state index contributed by atoms with van der Waals surface area (Å²) in [6, 6.07) is 4.93. The predicted molar refractivity (Wildman–Crippen MR) is 74.0 cm³/mol. The second-order valence-electron chi connectivity index (χ2n) is 4.39. The number of anilines is 1. The molecule has 0 aliphatic carbocycles. The lowest BCUT2D eigenvalue weighted by Crippen LogP contribution is -2.16. The minimum Gasteiger partial charge on any atom is -0.326 e. The number of aryl methyl sites for hydroxylation is 1. The van der Waals surface area contributed by atoms with Crippen molar-refractivity contribution < 1.29 is 17.2 Å². The van der Waals surface area contributed by atoms with Crippen molar-refractivity contribution >= 4 is 15.7 Å². The minimum absolute atomic E-state index is 0.105. The number of benzene rings is 1. The van der Waals surface area contributed by atoms with Crippen molar-refractivity contribution in [3.63, 3.8) is 0 Å². The van der Waals surface area contributed by atoms with E-state index in [-0.39, 0.29) is 17.8 Å². The number of nitrogens with zero attached hydrogens (tertiary/aromatic N) is 1. The summed E-state index contributed by atoms with van der Waals surface area (Å²) in [5.41, 5.74) is 6.36. The molecule has 1 aromatic heterocycles. The summed E-state index contributed by atoms with van der Waals surface area (Å²) >= 11 is 0. The van der Waals surface area contributed by atoms with Gasteiger partial charge in [-0.25, -0.2) is 17.2 Å². The number of aromatic nitrogens is 1. The van der Waals surface area contributed by atoms with Crippen LogP contribution in [0, 0.1) is 18.6 Å². The molecule has 3 N–H and O–H groups in total. The molecule has 0 aliphatic rings. The maximum Gasteiger partial charge on any atom is 0.264 e. The molecule has 0 fully saturated rings. The molecule has 2 rings (SSSR count). The first-order valence-corrected chi connectivity index (χ1v) is 7.45. The van der Waals surface area contributed by atoms with E-state index in [4.69, 9.17) is 5.73 Å². The van der Waals surface area contributed by atoms with Gasteiger partial charge in [-0.3, -0.25) is 9.71 Å². The quantitative estimate of drug-likeness (QED) is 0.903. The van der Waals surface area contributed by atoms with Crippen LogP contribution in [0.4, 0.5) is 14.5 Å². The van der Waals surface area contributed by atoms with Crippen LogP contribution in [0.2, 0.25) is 0 Å². The lowest BCUT2D eigenvalue weighted by Gasteiger charge is -2.10. The molecule has 0 spiro atoms. The fourth-order valence-electron chi connectivity index (χ4n) is 1.67. The molecule has 112 valence electrons. The van der Waals surface area contributed by atoms with Crippen LogP contribution in [-0.2, 0) is 16.6 Å². The summed E-state index contributed by atoms with van der Waals surface area (Å²) in [5, 5.41) is 0. The Hall–Kier alpha value is -2.06. The van der Waals surface area contributed by atoms with Gasteiger partial charge in [0.2, 0.25) is 0 Å². The maximum atomic E-state index is 13.7. The van der Waals surface area contributed by atoms with Gasteiger partial charge in [0.25, 0.3) is 10.0 Å². The number of rotatable bonds is 4. The van der Waals surface area contributed by atoms with Gasteiger partial charge >= 0.3 is 0 Å². The van der Waals surface area contributed by atoms with Crippen LogP contribution in [0.3, 0.4) is 0 Å². The van der Waals surface area contributed by atoms with Crippen molar-refractivity contribution in [2.24, 2.45) is 5.73 Å². The van der Waals surface area contributed by atoms with Gasteiger partial charge in [0.05, 0.1) is 11.9 Å². The standard InChI is InChI=1S/C13H13F2N3O2S/c1-8-2-3-10(7-17-8)18-21(19,20)12-5-9(6-16)4-11(14)13(12)15/h2-5,7,18H,6,16H2,1H3. The Morgan fingerprint density at radius 2 is 2.00 bits per heavy atom. The van der Waals surface area contributed by atoms with Crippen molar-refractivity contribution in [1.29, 1.82) is 0 Å². The van der Waals surface area contributed by atoms with Gasteiger partial charge in [-0.15, -0.1) is 0 Å². The third-order valence-electron chi connectivity index (χ3n) is 2.74. The lowest BCUT2D eigenvalue weighted by atomic mass is 10.2. The van der Waals surface area contributed by atoms with Gasteiger partial charge in [0.15, 0.2) is 11.6 Å². The molecular weight excluding hydrogens is 300 g/mol. The highest BCUT2D eigenvalue weighted by Gasteiger charge is 2.23. The highest BCUT2D eigenvalue weighted by Crippen LogP contribution is 2.22. The molecule has 1 heterocycles. The molecule has 5 nitrogen and oxygen atoms in total. The molecule has 0 aliphatic heterocycles. The highest BCUT2D eigenvalue weighted by molar-refractivity contribution is 7.92. The normalized spacial score (nSPS) is 11.4. The Labute approximate surface area is 120 Å². The number of halogens is 2. The van der Waals surface area contributed by atoms with E-state index in [2.05, 4.69) is 9.71 Å². The summed E-state index contributed by atoms with van der Waals surface area (Å²) in [7, 11) is -4.27. The third-order valence-corrected chi connectivity index (χ3v) is 4.12. The average molecular weight is 313 g/mol. The fourth-order valence-corrected chi connectivity index (χ4v) is 2.85. The van der Waals surface area contributed by atoms with Gasteiger partial charge < -0.3 is 5.73 Å². The van der Waals surface area contributed by atoms with E-state index in [0.29, 0.717) is 5.69 Å². The number of nitrogens with two attached hydrogens (primary N) is 1. The van der Waals surface area contributed by atoms with Crippen molar-refractivity contribution in [1.82, 2.24) is 4.98 Å². The van der Waals surface area contributed by atoms with Gasteiger partial charge in [-0.2, -0.15) is 0 Å². The zero-order valence-corrected chi connectivity index (χ0v) is 11.9.